The second-order valence-electron chi connectivity index (χ2n) is 37.0. The Morgan fingerprint density at radius 2 is 0.577 bits per heavy atom. The van der Waals surface area contributed by atoms with Gasteiger partial charge in [0.2, 0.25) is 23.6 Å². The number of rotatable bonds is 59. The predicted molar refractivity (Wildman–Crippen MR) is 471 cm³/mol. The second kappa shape index (κ2) is 60.9. The molecule has 0 aromatic carbocycles. The van der Waals surface area contributed by atoms with Crippen molar-refractivity contribution in [2.75, 3.05) is 59.5 Å². The normalized spacial score (nSPS) is 39.3. The Morgan fingerprint density at radius 3 is 0.942 bits per heavy atom. The Balaban J connectivity index is 0.985. The number of carbonyl (C=O) groups is 4. The van der Waals surface area contributed by atoms with Crippen molar-refractivity contribution in [3.63, 3.8) is 0 Å². The lowest BCUT2D eigenvalue weighted by atomic mass is 9.93. The minimum atomic E-state index is -2.47. The summed E-state index contributed by atoms with van der Waals surface area (Å²) in [6, 6.07) is -6.84. The van der Waals surface area contributed by atoms with E-state index in [2.05, 4.69) is 35.1 Å². The first-order valence-corrected chi connectivity index (χ1v) is 49.0. The molecule has 8 heterocycles. The van der Waals surface area contributed by atoms with Crippen molar-refractivity contribution < 1.29 is 212 Å². The first-order chi connectivity index (χ1) is 65.6. The average Bonchev–Trinajstić information content (AvgIpc) is 0.761. The van der Waals surface area contributed by atoms with E-state index in [-0.39, 0.29) is 12.3 Å². The highest BCUT2D eigenvalue weighted by molar-refractivity contribution is 5.76. The molecule has 27 N–H and O–H groups in total. The zero-order chi connectivity index (χ0) is 100. The first kappa shape index (κ1) is 118. The highest BCUT2D eigenvalue weighted by Crippen LogP contribution is 2.40. The molecular weight excluding hydrogens is 1820 g/mol. The maximum absolute atomic E-state index is 13.6. The molecule has 0 saturated carbocycles. The van der Waals surface area contributed by atoms with Gasteiger partial charge in [0, 0.05) is 27.2 Å². The minimum Gasteiger partial charge on any atom is -0.394 e. The van der Waals surface area contributed by atoms with Crippen LogP contribution in [0.25, 0.3) is 0 Å². The number of nitrogens with one attached hydrogen (secondary N) is 4. The Hall–Kier alpha value is -3.94. The first-order valence-electron chi connectivity index (χ1n) is 49.0. The van der Waals surface area contributed by atoms with Gasteiger partial charge < -0.3 is 215 Å². The molecule has 0 aromatic rings. The number of amides is 4. The summed E-state index contributed by atoms with van der Waals surface area (Å²) in [6.07, 6.45) is -42.3. The molecule has 8 fully saturated rings. The molecule has 47 heteroatoms. The van der Waals surface area contributed by atoms with Crippen LogP contribution in [0.4, 0.5) is 0 Å². The zero-order valence-electron chi connectivity index (χ0n) is 79.0. The molecule has 798 valence electrons. The maximum atomic E-state index is 13.6. The molecule has 4 amide bonds. The third-order valence-corrected chi connectivity index (χ3v) is 26.3. The van der Waals surface area contributed by atoms with E-state index in [4.69, 9.17) is 75.8 Å². The SMILES string of the molecule is CCCCCCCCCCCCC/C=C/[C@@H](O)[C@H](CO[C@@H]1OC(CO)[C@@H](O[C@@H]2OC(CO)[C@H](O)[C@H](O[C@@H]3OC(CO)[C@@H](O[C@@H]4OC(CO[C@@H]5OC(CO)[C@@H](O[C@@H]6OC(CO)[C@H](O)[C@H](O)C6O)[C@H](O)C5NC(C)=O)[C@H](O)[C@H](O[C@@H]5OC(CO)[C@@H](O[C@@H]6OC(CO)[C@H](O)[C@H](O)C6O)[C@H](O)C5NC(C)=O)C4O)[C@H](O)C3NC(C)=O)C2O)[C@H](O)C1O)NC(=O)CCCCCCCCCCCCCCCCC. The Labute approximate surface area is 797 Å². The molecule has 8 aliphatic rings. The molecule has 0 bridgehead atoms. The lowest BCUT2D eigenvalue weighted by molar-refractivity contribution is -0.389. The van der Waals surface area contributed by atoms with Crippen LogP contribution in [0, 0.1) is 0 Å². The van der Waals surface area contributed by atoms with Crippen LogP contribution < -0.4 is 21.3 Å². The van der Waals surface area contributed by atoms with Crippen LogP contribution in [0.2, 0.25) is 0 Å². The standard InChI is InChI=1S/C90H160N4O43/c1-6-8-10-12-14-16-18-20-21-23-25-27-29-31-33-35-58(106)94-48(49(105)34-32-30-28-26-24-22-19-17-15-13-11-9-7-2)43-122-86-74(119)71(116)80(56(42-101)130-86)135-89-75(120)81(64(109)52(38-97)126-89)136-84-61(93-47(5)104)68(113)79(55(41-100)129-84)134-90-76(121)82(137-85-60(92-46(4)103)67(112)78(54(40-99)128-85)133-88-73(118)70(115)63(108)51(37-96)125-88)65(110)57(131-90)44-123-83-59(91-45(3)102)66(111)77(53(39-98)127-83)132-87-72(117)69(114)62(107)50(36-95)124-87/h32,34,48-57,59-90,95-101,105,107-121H,6-31,33,35-44H2,1-5H3,(H,91,102)(H,92,103)(H,93,104)(H,94,106)/b34-32+/t48-,49+,50?,51?,52?,53?,54?,55?,56?,57?,59?,60?,61?,62-,63-,64-,65-,66+,67+,68+,69-,70-,71+,72?,73?,74?,75?,76?,77+,78+,79+,80+,81-,82-,83+,84-,85-,86+,87-,88-,89-,90-/m0/s1. The highest BCUT2D eigenvalue weighted by Gasteiger charge is 2.60. The molecule has 137 heavy (non-hydrogen) atoms. The van der Waals surface area contributed by atoms with Crippen molar-refractivity contribution in [3.8, 4) is 0 Å². The van der Waals surface area contributed by atoms with Crippen LogP contribution in [0.1, 0.15) is 214 Å². The molecule has 0 radical (unpaired) electrons. The largest absolute Gasteiger partial charge is 0.394 e. The molecule has 8 aliphatic heterocycles. The van der Waals surface area contributed by atoms with E-state index in [1.807, 2.05) is 6.08 Å². The Kier molecular flexibility index (Phi) is 52.5. The summed E-state index contributed by atoms with van der Waals surface area (Å²) >= 11 is 0. The second-order valence-corrected chi connectivity index (χ2v) is 37.0. The molecule has 8 rings (SSSR count). The van der Waals surface area contributed by atoms with Crippen molar-refractivity contribution >= 4 is 23.6 Å². The van der Waals surface area contributed by atoms with Crippen LogP contribution in [0.15, 0.2) is 12.2 Å². The van der Waals surface area contributed by atoms with Gasteiger partial charge in [-0.15, -0.1) is 0 Å². The van der Waals surface area contributed by atoms with Gasteiger partial charge in [-0.25, -0.2) is 0 Å². The van der Waals surface area contributed by atoms with Gasteiger partial charge in [-0.1, -0.05) is 180 Å². The molecule has 0 aliphatic carbocycles. The van der Waals surface area contributed by atoms with Gasteiger partial charge in [0.1, 0.15) is 195 Å². The molecule has 16 unspecified atom stereocenters. The molecule has 47 nitrogen and oxygen atoms in total. The van der Waals surface area contributed by atoms with Crippen molar-refractivity contribution in [1.82, 2.24) is 21.3 Å². The summed E-state index contributed by atoms with van der Waals surface area (Å²) in [6.45, 7) is -1.59. The van der Waals surface area contributed by atoms with E-state index in [0.29, 0.717) is 12.8 Å². The van der Waals surface area contributed by atoms with Crippen molar-refractivity contribution in [1.29, 1.82) is 0 Å². The lowest BCUT2D eigenvalue weighted by Gasteiger charge is -2.51. The predicted octanol–water partition coefficient (Wildman–Crippen LogP) is -6.63. The summed E-state index contributed by atoms with van der Waals surface area (Å²) in [5.74, 6) is -3.15. The van der Waals surface area contributed by atoms with Crippen molar-refractivity contribution in [2.24, 2.45) is 0 Å². The van der Waals surface area contributed by atoms with Gasteiger partial charge in [-0.3, -0.25) is 19.2 Å². The number of allylic oxidation sites excluding steroid dienone is 1. The zero-order valence-corrected chi connectivity index (χ0v) is 79.0. The molecular formula is C90H160N4O43. The van der Waals surface area contributed by atoms with Gasteiger partial charge in [0.05, 0.1) is 71.6 Å². The monoisotopic (exact) mass is 1990 g/mol. The van der Waals surface area contributed by atoms with Crippen LogP contribution in [-0.2, 0) is 95.0 Å². The third kappa shape index (κ3) is 34.1. The van der Waals surface area contributed by atoms with Crippen LogP contribution >= 0.6 is 0 Å². The van der Waals surface area contributed by atoms with Crippen LogP contribution in [0.5, 0.6) is 0 Å². The minimum absolute atomic E-state index is 0.141. The maximum Gasteiger partial charge on any atom is 0.220 e. The Bertz CT molecular complexity index is 3400. The number of hydrogen-bond donors (Lipinski definition) is 27. The fourth-order valence-corrected chi connectivity index (χ4v) is 18.4. The molecule has 8 saturated heterocycles. The van der Waals surface area contributed by atoms with Gasteiger partial charge >= 0.3 is 0 Å². The van der Waals surface area contributed by atoms with E-state index in [1.165, 1.54) is 103 Å². The quantitative estimate of drug-likeness (QED) is 0.0199. The van der Waals surface area contributed by atoms with Crippen LogP contribution in [0.3, 0.4) is 0 Å². The number of unbranched alkanes of at least 4 members (excludes halogenated alkanes) is 25. The lowest BCUT2D eigenvalue weighted by Crippen LogP contribution is -2.71. The summed E-state index contributed by atoms with van der Waals surface area (Å²) in [5, 5.41) is 269. The van der Waals surface area contributed by atoms with E-state index in [1.54, 1.807) is 6.08 Å². The van der Waals surface area contributed by atoms with Crippen molar-refractivity contribution in [3.05, 3.63) is 12.2 Å². The topological polar surface area (TPSA) is 729 Å². The van der Waals surface area contributed by atoms with Gasteiger partial charge in [-0.05, 0) is 19.3 Å². The van der Waals surface area contributed by atoms with E-state index in [9.17, 15) is 137 Å². The van der Waals surface area contributed by atoms with Crippen LogP contribution in [-0.4, -0.2) is 458 Å². The highest BCUT2D eigenvalue weighted by atomic mass is 16.8. The van der Waals surface area contributed by atoms with Gasteiger partial charge in [0.15, 0.2) is 50.3 Å². The number of carbonyl (C=O) groups excluding carboxylic acids is 4. The molecule has 0 spiro atoms. The van der Waals surface area contributed by atoms with Gasteiger partial charge in [-0.2, -0.15) is 0 Å². The number of aliphatic hydroxyl groups is 23. The number of aliphatic hydroxyl groups excluding tert-OH is 23. The fourth-order valence-electron chi connectivity index (χ4n) is 18.4. The van der Waals surface area contributed by atoms with E-state index < -0.39 is 335 Å². The summed E-state index contributed by atoms with van der Waals surface area (Å²) in [5.41, 5.74) is 0. The van der Waals surface area contributed by atoms with Crippen molar-refractivity contribution in [2.45, 2.75) is 472 Å². The number of hydrogen-bond acceptors (Lipinski definition) is 43. The van der Waals surface area contributed by atoms with E-state index in [0.717, 1.165) is 78.6 Å². The summed E-state index contributed by atoms with van der Waals surface area (Å²) in [4.78, 5) is 52.9. The summed E-state index contributed by atoms with van der Waals surface area (Å²) < 4.78 is 95.8. The van der Waals surface area contributed by atoms with Gasteiger partial charge in [0.25, 0.3) is 0 Å². The Morgan fingerprint density at radius 1 is 0.292 bits per heavy atom. The summed E-state index contributed by atoms with van der Waals surface area (Å²) in [7, 11) is 0. The average molecular weight is 1990 g/mol. The molecule has 0 aromatic heterocycles. The van der Waals surface area contributed by atoms with E-state index >= 15 is 0 Å². The number of ether oxygens (including phenoxy) is 16. The fraction of sp³-hybridized carbons (Fsp3) is 0.933. The molecule has 42 atom stereocenters. The third-order valence-electron chi connectivity index (χ3n) is 26.3. The smallest absolute Gasteiger partial charge is 0.220 e.